The first-order chi connectivity index (χ1) is 9.58. The Morgan fingerprint density at radius 1 is 1.25 bits per heavy atom. The van der Waals surface area contributed by atoms with Crippen LogP contribution in [0.2, 0.25) is 5.02 Å². The molecule has 0 saturated heterocycles. The zero-order valence-electron chi connectivity index (χ0n) is 10.9. The van der Waals surface area contributed by atoms with Crippen molar-refractivity contribution in [2.75, 3.05) is 12.4 Å². The van der Waals surface area contributed by atoms with E-state index in [-0.39, 0.29) is 0 Å². The first-order valence-electron chi connectivity index (χ1n) is 6.00. The summed E-state index contributed by atoms with van der Waals surface area (Å²) in [4.78, 5) is 10.8. The lowest BCUT2D eigenvalue weighted by Crippen LogP contribution is -1.98. The van der Waals surface area contributed by atoms with Crippen molar-refractivity contribution < 1.29 is 4.39 Å². The maximum atomic E-state index is 14.0. The van der Waals surface area contributed by atoms with E-state index in [0.29, 0.717) is 22.2 Å². The number of aryl methyl sites for hydroxylation is 1. The predicted molar refractivity (Wildman–Crippen MR) is 82.1 cm³/mol. The number of aromatic nitrogens is 2. The van der Waals surface area contributed by atoms with Crippen LogP contribution in [0.4, 0.5) is 10.2 Å². The van der Waals surface area contributed by atoms with Crippen molar-refractivity contribution in [3.8, 4) is 11.4 Å². The quantitative estimate of drug-likeness (QED) is 0.757. The molecule has 0 aliphatic carbocycles. The second-order valence-electron chi connectivity index (χ2n) is 4.35. The number of benzene rings is 1. The van der Waals surface area contributed by atoms with Gasteiger partial charge in [0.15, 0.2) is 5.82 Å². The van der Waals surface area contributed by atoms with Gasteiger partial charge in [-0.1, -0.05) is 11.6 Å². The number of fused-ring (bicyclic) bond motifs is 1. The minimum atomic E-state index is -0.424. The lowest BCUT2D eigenvalue weighted by atomic mass is 10.2. The van der Waals surface area contributed by atoms with Crippen molar-refractivity contribution >= 4 is 39.0 Å². The van der Waals surface area contributed by atoms with Crippen molar-refractivity contribution in [1.29, 1.82) is 0 Å². The van der Waals surface area contributed by atoms with Crippen LogP contribution in [0.1, 0.15) is 4.88 Å². The highest BCUT2D eigenvalue weighted by molar-refractivity contribution is 7.18. The number of anilines is 1. The molecule has 0 fully saturated rings. The highest BCUT2D eigenvalue weighted by atomic mass is 35.5. The Kier molecular flexibility index (Phi) is 3.31. The second kappa shape index (κ2) is 5.00. The molecule has 0 spiro atoms. The van der Waals surface area contributed by atoms with Gasteiger partial charge in [0.1, 0.15) is 16.5 Å². The number of rotatable bonds is 2. The molecule has 0 radical (unpaired) electrons. The summed E-state index contributed by atoms with van der Waals surface area (Å²) < 4.78 is 14.0. The zero-order chi connectivity index (χ0) is 14.3. The fourth-order valence-corrected chi connectivity index (χ4v) is 3.06. The Hall–Kier alpha value is -1.72. The summed E-state index contributed by atoms with van der Waals surface area (Å²) in [5.74, 6) is 0.633. The molecule has 0 amide bonds. The highest BCUT2D eigenvalue weighted by Gasteiger charge is 2.14. The van der Waals surface area contributed by atoms with E-state index in [2.05, 4.69) is 15.3 Å². The Morgan fingerprint density at radius 2 is 2.05 bits per heavy atom. The van der Waals surface area contributed by atoms with Crippen molar-refractivity contribution in [1.82, 2.24) is 9.97 Å². The third kappa shape index (κ3) is 2.23. The van der Waals surface area contributed by atoms with Crippen molar-refractivity contribution in [3.05, 3.63) is 40.0 Å². The first kappa shape index (κ1) is 13.3. The number of hydrogen-bond donors (Lipinski definition) is 1. The molecule has 1 aromatic carbocycles. The maximum Gasteiger partial charge on any atom is 0.166 e. The van der Waals surface area contributed by atoms with Crippen molar-refractivity contribution in [3.63, 3.8) is 0 Å². The Bertz CT molecular complexity index is 800. The van der Waals surface area contributed by atoms with Crippen LogP contribution in [0.15, 0.2) is 24.3 Å². The molecule has 0 unspecified atom stereocenters. The van der Waals surface area contributed by atoms with Gasteiger partial charge in [-0.05, 0) is 31.2 Å². The van der Waals surface area contributed by atoms with E-state index in [1.165, 1.54) is 6.07 Å². The van der Waals surface area contributed by atoms with Crippen LogP contribution in [0.5, 0.6) is 0 Å². The molecular weight excluding hydrogens is 297 g/mol. The Morgan fingerprint density at radius 3 is 2.75 bits per heavy atom. The highest BCUT2D eigenvalue weighted by Crippen LogP contribution is 2.31. The van der Waals surface area contributed by atoms with Crippen LogP contribution in [0.25, 0.3) is 21.6 Å². The molecule has 20 heavy (non-hydrogen) atoms. The summed E-state index contributed by atoms with van der Waals surface area (Å²) in [6.45, 7) is 2.01. The van der Waals surface area contributed by atoms with Crippen LogP contribution < -0.4 is 5.32 Å². The van der Waals surface area contributed by atoms with Crippen molar-refractivity contribution in [2.24, 2.45) is 0 Å². The summed E-state index contributed by atoms with van der Waals surface area (Å²) in [7, 11) is 1.79. The van der Waals surface area contributed by atoms with Gasteiger partial charge < -0.3 is 5.32 Å². The number of halogens is 2. The molecule has 0 bridgehead atoms. The van der Waals surface area contributed by atoms with Gasteiger partial charge in [-0.3, -0.25) is 0 Å². The molecule has 3 rings (SSSR count). The van der Waals surface area contributed by atoms with Crippen LogP contribution in [0, 0.1) is 12.7 Å². The van der Waals surface area contributed by atoms with Crippen LogP contribution in [0.3, 0.4) is 0 Å². The van der Waals surface area contributed by atoms with Crippen LogP contribution >= 0.6 is 22.9 Å². The normalized spacial score (nSPS) is 11.0. The van der Waals surface area contributed by atoms with E-state index in [0.717, 1.165) is 15.1 Å². The van der Waals surface area contributed by atoms with Crippen molar-refractivity contribution in [2.45, 2.75) is 6.92 Å². The van der Waals surface area contributed by atoms with Gasteiger partial charge in [-0.15, -0.1) is 11.3 Å². The molecule has 0 aliphatic heterocycles. The van der Waals surface area contributed by atoms with Crippen LogP contribution in [-0.4, -0.2) is 17.0 Å². The molecule has 2 heterocycles. The van der Waals surface area contributed by atoms with E-state index in [9.17, 15) is 4.39 Å². The third-order valence-corrected chi connectivity index (χ3v) is 4.10. The molecule has 2 aromatic heterocycles. The fourth-order valence-electron chi connectivity index (χ4n) is 2.02. The number of nitrogens with zero attached hydrogens (tertiary/aromatic N) is 2. The summed E-state index contributed by atoms with van der Waals surface area (Å²) in [6.07, 6.45) is 0. The smallest absolute Gasteiger partial charge is 0.166 e. The van der Waals surface area contributed by atoms with E-state index in [1.807, 2.05) is 13.0 Å². The molecule has 3 nitrogen and oxygen atoms in total. The standard InChI is InChI=1S/C14H11ClFN3S/c1-7-5-10-12(17-2)18-13(19-14(10)20-7)9-4-3-8(15)6-11(9)16/h3-6H,1-2H3,(H,17,18,19). The summed E-state index contributed by atoms with van der Waals surface area (Å²) in [6, 6.07) is 6.52. The number of hydrogen-bond acceptors (Lipinski definition) is 4. The molecule has 0 atom stereocenters. The first-order valence-corrected chi connectivity index (χ1v) is 7.19. The Labute approximate surface area is 124 Å². The van der Waals surface area contributed by atoms with Gasteiger partial charge in [0.25, 0.3) is 0 Å². The van der Waals surface area contributed by atoms with E-state index in [4.69, 9.17) is 11.6 Å². The molecule has 6 heteroatoms. The van der Waals surface area contributed by atoms with Gasteiger partial charge in [-0.2, -0.15) is 0 Å². The maximum absolute atomic E-state index is 14.0. The minimum Gasteiger partial charge on any atom is -0.372 e. The fraction of sp³-hybridized carbons (Fsp3) is 0.143. The molecule has 3 aromatic rings. The lowest BCUT2D eigenvalue weighted by molar-refractivity contribution is 0.630. The summed E-state index contributed by atoms with van der Waals surface area (Å²) in [5.41, 5.74) is 0.346. The number of nitrogens with one attached hydrogen (secondary N) is 1. The topological polar surface area (TPSA) is 37.8 Å². The van der Waals surface area contributed by atoms with Gasteiger partial charge in [0, 0.05) is 16.9 Å². The average molecular weight is 308 g/mol. The average Bonchev–Trinajstić information content (AvgIpc) is 2.77. The van der Waals surface area contributed by atoms with Gasteiger partial charge in [0.05, 0.1) is 10.9 Å². The molecule has 1 N–H and O–H groups in total. The van der Waals surface area contributed by atoms with E-state index >= 15 is 0 Å². The summed E-state index contributed by atoms with van der Waals surface area (Å²) in [5, 5.41) is 4.34. The molecule has 102 valence electrons. The van der Waals surface area contributed by atoms with E-state index in [1.54, 1.807) is 30.5 Å². The third-order valence-electron chi connectivity index (χ3n) is 2.92. The minimum absolute atomic E-state index is 0.346. The van der Waals surface area contributed by atoms with Gasteiger partial charge in [0.2, 0.25) is 0 Å². The van der Waals surface area contributed by atoms with E-state index < -0.39 is 5.82 Å². The monoisotopic (exact) mass is 307 g/mol. The summed E-state index contributed by atoms with van der Waals surface area (Å²) >= 11 is 7.33. The van der Waals surface area contributed by atoms with Gasteiger partial charge >= 0.3 is 0 Å². The molecular formula is C14H11ClFN3S. The predicted octanol–water partition coefficient (Wildman–Crippen LogP) is 4.50. The van der Waals surface area contributed by atoms with Gasteiger partial charge in [-0.25, -0.2) is 14.4 Å². The van der Waals surface area contributed by atoms with Crippen LogP contribution in [-0.2, 0) is 0 Å². The lowest BCUT2D eigenvalue weighted by Gasteiger charge is -2.06. The second-order valence-corrected chi connectivity index (χ2v) is 6.02. The SMILES string of the molecule is CNc1nc(-c2ccc(Cl)cc2F)nc2sc(C)cc12. The Balaban J connectivity index is 2.25. The zero-order valence-corrected chi connectivity index (χ0v) is 12.4. The number of thiophene rings is 1. The molecule has 0 aliphatic rings. The molecule has 0 saturated carbocycles. The largest absolute Gasteiger partial charge is 0.372 e.